The number of rotatable bonds is 4. The quantitative estimate of drug-likeness (QED) is 0.526. The lowest BCUT2D eigenvalue weighted by Gasteiger charge is -2.08. The van der Waals surface area contributed by atoms with Gasteiger partial charge in [-0.15, -0.1) is 0 Å². The Morgan fingerprint density at radius 1 is 1.26 bits per heavy atom. The predicted octanol–water partition coefficient (Wildman–Crippen LogP) is 3.38. The zero-order chi connectivity index (χ0) is 17.2. The van der Waals surface area contributed by atoms with Crippen molar-refractivity contribution in [2.24, 2.45) is 0 Å². The number of hydrogen-bond donors (Lipinski definition) is 1. The van der Waals surface area contributed by atoms with Crippen LogP contribution in [-0.4, -0.2) is 21.5 Å². The maximum Gasteiger partial charge on any atom is 0.433 e. The number of alkyl halides is 3. The fraction of sp³-hybridized carbons (Fsp3) is 0.267. The zero-order valence-electron chi connectivity index (χ0n) is 12.3. The number of hydrogen-bond acceptors (Lipinski definition) is 4. The van der Waals surface area contributed by atoms with Crippen LogP contribution < -0.4 is 5.56 Å². The van der Waals surface area contributed by atoms with Crippen LogP contribution in [0.25, 0.3) is 0 Å². The first kappa shape index (κ1) is 17.3. The molecule has 1 aromatic heterocycles. The number of aromatic nitrogens is 2. The fourth-order valence-corrected chi connectivity index (χ4v) is 2.75. The highest BCUT2D eigenvalue weighted by molar-refractivity contribution is 7.99. The van der Waals surface area contributed by atoms with E-state index in [0.717, 1.165) is 22.9 Å². The van der Waals surface area contributed by atoms with Gasteiger partial charge in [-0.05, 0) is 19.4 Å². The van der Waals surface area contributed by atoms with Gasteiger partial charge >= 0.3 is 6.18 Å². The lowest BCUT2D eigenvalue weighted by Crippen LogP contribution is -2.17. The average molecular weight is 342 g/mol. The third-order valence-electron chi connectivity index (χ3n) is 3.03. The van der Waals surface area contributed by atoms with E-state index in [2.05, 4.69) is 9.97 Å². The number of halogens is 3. The van der Waals surface area contributed by atoms with Crippen LogP contribution in [0.5, 0.6) is 0 Å². The molecule has 0 bridgehead atoms. The van der Waals surface area contributed by atoms with Crippen molar-refractivity contribution in [2.75, 3.05) is 5.75 Å². The van der Waals surface area contributed by atoms with Crippen LogP contribution in [0.4, 0.5) is 13.2 Å². The summed E-state index contributed by atoms with van der Waals surface area (Å²) in [6.07, 6.45) is -4.71. The number of carbonyl (C=O) groups excluding carboxylic acids is 1. The molecule has 23 heavy (non-hydrogen) atoms. The molecule has 0 saturated carbocycles. The Morgan fingerprint density at radius 3 is 2.57 bits per heavy atom. The number of H-pyrrole nitrogens is 1. The number of aromatic amines is 1. The Hall–Kier alpha value is -2.09. The maximum atomic E-state index is 12.6. The second-order valence-corrected chi connectivity index (χ2v) is 5.93. The maximum absolute atomic E-state index is 12.6. The van der Waals surface area contributed by atoms with Crippen LogP contribution in [0.15, 0.2) is 34.2 Å². The second kappa shape index (κ2) is 6.57. The van der Waals surface area contributed by atoms with Crippen molar-refractivity contribution in [2.45, 2.75) is 25.2 Å². The molecule has 1 aromatic carbocycles. The molecule has 0 fully saturated rings. The van der Waals surface area contributed by atoms with E-state index in [4.69, 9.17) is 0 Å². The van der Waals surface area contributed by atoms with Crippen molar-refractivity contribution in [3.8, 4) is 0 Å². The largest absolute Gasteiger partial charge is 0.433 e. The van der Waals surface area contributed by atoms with E-state index in [1.54, 1.807) is 19.1 Å². The number of benzene rings is 1. The van der Waals surface area contributed by atoms with Crippen molar-refractivity contribution < 1.29 is 18.0 Å². The molecular formula is C15H13F3N2O2S. The Bertz CT molecular complexity index is 800. The SMILES string of the molecule is Cc1ccc(C(=O)CSc2nc(C(F)(F)F)cc(=O)[nH]2)c(C)c1. The second-order valence-electron chi connectivity index (χ2n) is 4.96. The van der Waals surface area contributed by atoms with Crippen molar-refractivity contribution >= 4 is 17.5 Å². The summed E-state index contributed by atoms with van der Waals surface area (Å²) < 4.78 is 37.8. The van der Waals surface area contributed by atoms with Gasteiger partial charge in [0.25, 0.3) is 5.56 Å². The Morgan fingerprint density at radius 2 is 1.96 bits per heavy atom. The van der Waals surface area contributed by atoms with Crippen molar-refractivity contribution in [3.63, 3.8) is 0 Å². The molecule has 122 valence electrons. The van der Waals surface area contributed by atoms with Gasteiger partial charge < -0.3 is 4.98 Å². The van der Waals surface area contributed by atoms with Crippen LogP contribution in [0.2, 0.25) is 0 Å². The first-order valence-electron chi connectivity index (χ1n) is 6.58. The molecule has 0 spiro atoms. The Balaban J connectivity index is 2.16. The summed E-state index contributed by atoms with van der Waals surface area (Å²) in [5.74, 6) is -0.360. The van der Waals surface area contributed by atoms with E-state index < -0.39 is 17.4 Å². The molecule has 1 heterocycles. The third-order valence-corrected chi connectivity index (χ3v) is 3.91. The molecular weight excluding hydrogens is 329 g/mol. The van der Waals surface area contributed by atoms with Gasteiger partial charge in [0.15, 0.2) is 16.6 Å². The topological polar surface area (TPSA) is 62.8 Å². The van der Waals surface area contributed by atoms with Gasteiger partial charge in [-0.25, -0.2) is 4.98 Å². The van der Waals surface area contributed by atoms with E-state index in [9.17, 15) is 22.8 Å². The highest BCUT2D eigenvalue weighted by Gasteiger charge is 2.33. The van der Waals surface area contributed by atoms with Gasteiger partial charge in [-0.3, -0.25) is 9.59 Å². The van der Waals surface area contributed by atoms with Gasteiger partial charge in [-0.1, -0.05) is 35.5 Å². The van der Waals surface area contributed by atoms with E-state index in [-0.39, 0.29) is 16.7 Å². The molecule has 0 radical (unpaired) electrons. The first-order chi connectivity index (χ1) is 10.7. The van der Waals surface area contributed by atoms with Gasteiger partial charge in [0.2, 0.25) is 0 Å². The minimum absolute atomic E-state index is 0.117. The molecule has 0 aliphatic heterocycles. The van der Waals surface area contributed by atoms with Crippen LogP contribution in [-0.2, 0) is 6.18 Å². The van der Waals surface area contributed by atoms with E-state index in [1.165, 1.54) is 0 Å². The number of nitrogens with zero attached hydrogens (tertiary/aromatic N) is 1. The predicted molar refractivity (Wildman–Crippen MR) is 80.8 cm³/mol. The molecule has 0 amide bonds. The third kappa shape index (κ3) is 4.44. The molecule has 8 heteroatoms. The molecule has 4 nitrogen and oxygen atoms in total. The monoisotopic (exact) mass is 342 g/mol. The van der Waals surface area contributed by atoms with Gasteiger partial charge in [0, 0.05) is 11.6 Å². The number of thioether (sulfide) groups is 1. The number of carbonyl (C=O) groups is 1. The standard InChI is InChI=1S/C15H13F3N2O2S/c1-8-3-4-10(9(2)5-8)11(21)7-23-14-19-12(15(16,17)18)6-13(22)20-14/h3-6H,7H2,1-2H3,(H,19,20,22). The van der Waals surface area contributed by atoms with Crippen LogP contribution in [0.3, 0.4) is 0 Å². The van der Waals surface area contributed by atoms with Gasteiger partial charge in [0.1, 0.15) is 0 Å². The summed E-state index contributed by atoms with van der Waals surface area (Å²) >= 11 is 0.765. The number of nitrogens with one attached hydrogen (secondary N) is 1. The van der Waals surface area contributed by atoms with Crippen LogP contribution in [0, 0.1) is 13.8 Å². The average Bonchev–Trinajstić information content (AvgIpc) is 2.43. The smallest absolute Gasteiger partial charge is 0.301 e. The molecule has 1 N–H and O–H groups in total. The lowest BCUT2D eigenvalue weighted by atomic mass is 10.0. The van der Waals surface area contributed by atoms with Gasteiger partial charge in [0.05, 0.1) is 5.75 Å². The first-order valence-corrected chi connectivity index (χ1v) is 7.57. The number of ketones is 1. The lowest BCUT2D eigenvalue weighted by molar-refractivity contribution is -0.141. The van der Waals surface area contributed by atoms with Crippen molar-refractivity contribution in [3.05, 3.63) is 57.0 Å². The molecule has 0 atom stereocenters. The van der Waals surface area contributed by atoms with E-state index >= 15 is 0 Å². The molecule has 0 aliphatic rings. The molecule has 0 saturated heterocycles. The molecule has 0 aliphatic carbocycles. The Labute approximate surface area is 134 Å². The van der Waals surface area contributed by atoms with Gasteiger partial charge in [-0.2, -0.15) is 13.2 Å². The summed E-state index contributed by atoms with van der Waals surface area (Å²) in [7, 11) is 0. The highest BCUT2D eigenvalue weighted by atomic mass is 32.2. The molecule has 2 rings (SSSR count). The number of Topliss-reactive ketones (excluding diaryl/α,β-unsaturated/α-hetero) is 1. The fourth-order valence-electron chi connectivity index (χ4n) is 1.99. The number of aryl methyl sites for hydroxylation is 2. The van der Waals surface area contributed by atoms with E-state index in [0.29, 0.717) is 11.6 Å². The Kier molecular flexibility index (Phi) is 4.93. The summed E-state index contributed by atoms with van der Waals surface area (Å²) in [6, 6.07) is 5.70. The molecule has 0 unspecified atom stereocenters. The van der Waals surface area contributed by atoms with Crippen molar-refractivity contribution in [1.29, 1.82) is 0 Å². The van der Waals surface area contributed by atoms with E-state index in [1.807, 2.05) is 13.0 Å². The normalized spacial score (nSPS) is 11.5. The molecule has 2 aromatic rings. The summed E-state index contributed by atoms with van der Waals surface area (Å²) in [5.41, 5.74) is 0.116. The zero-order valence-corrected chi connectivity index (χ0v) is 13.1. The summed E-state index contributed by atoms with van der Waals surface area (Å²) in [4.78, 5) is 29.0. The highest BCUT2D eigenvalue weighted by Crippen LogP contribution is 2.27. The summed E-state index contributed by atoms with van der Waals surface area (Å²) in [5, 5.41) is -0.233. The van der Waals surface area contributed by atoms with Crippen LogP contribution in [0.1, 0.15) is 27.2 Å². The summed E-state index contributed by atoms with van der Waals surface area (Å²) in [6.45, 7) is 3.68. The minimum atomic E-state index is -4.71. The van der Waals surface area contributed by atoms with Crippen LogP contribution >= 0.6 is 11.8 Å². The van der Waals surface area contributed by atoms with Crippen molar-refractivity contribution in [1.82, 2.24) is 9.97 Å². The minimum Gasteiger partial charge on any atom is -0.301 e.